The van der Waals surface area contributed by atoms with Gasteiger partial charge in [0.25, 0.3) is 0 Å². The van der Waals surface area contributed by atoms with E-state index in [-0.39, 0.29) is 6.10 Å². The monoisotopic (exact) mass is 437 g/mol. The van der Waals surface area contributed by atoms with Crippen molar-refractivity contribution in [3.05, 3.63) is 65.3 Å². The molecule has 0 saturated carbocycles. The smallest absolute Gasteiger partial charge is 0.0973 e. The van der Waals surface area contributed by atoms with Crippen LogP contribution in [0.25, 0.3) is 6.08 Å². The summed E-state index contributed by atoms with van der Waals surface area (Å²) < 4.78 is 10.0. The van der Waals surface area contributed by atoms with Crippen molar-refractivity contribution in [2.24, 2.45) is 3.21 Å². The fraction of sp³-hybridized carbons (Fsp3) is 0.381. The van der Waals surface area contributed by atoms with Crippen molar-refractivity contribution in [2.45, 2.75) is 46.1 Å². The summed E-state index contributed by atoms with van der Waals surface area (Å²) in [5.74, 6) is 0. The van der Waals surface area contributed by atoms with E-state index < -0.39 is 0 Å². The van der Waals surface area contributed by atoms with Crippen LogP contribution in [0.5, 0.6) is 0 Å². The summed E-state index contributed by atoms with van der Waals surface area (Å²) in [5, 5.41) is 0. The Hall–Kier alpha value is -1.20. The molecule has 0 aromatic heterocycles. The Labute approximate surface area is 160 Å². The lowest BCUT2D eigenvalue weighted by molar-refractivity contribution is 0.171. The third-order valence-electron chi connectivity index (χ3n) is 3.80. The average Bonchev–Trinajstić information content (AvgIpc) is 2.58. The Balaban J connectivity index is 3.37. The van der Waals surface area contributed by atoms with Gasteiger partial charge >= 0.3 is 0 Å². The number of hydrogen-bond donors (Lipinski definition) is 0. The second-order valence-corrected chi connectivity index (χ2v) is 6.48. The van der Waals surface area contributed by atoms with Crippen LogP contribution in [0.2, 0.25) is 0 Å². The molecule has 2 nitrogen and oxygen atoms in total. The predicted octanol–water partition coefficient (Wildman–Crippen LogP) is 6.59. The number of benzene rings is 1. The van der Waals surface area contributed by atoms with Crippen molar-refractivity contribution in [1.29, 1.82) is 0 Å². The second kappa shape index (κ2) is 11.4. The Morgan fingerprint density at radius 1 is 1.33 bits per heavy atom. The van der Waals surface area contributed by atoms with Crippen molar-refractivity contribution in [3.63, 3.8) is 0 Å². The van der Waals surface area contributed by atoms with Gasteiger partial charge in [-0.15, -0.1) is 0 Å². The molecule has 0 aliphatic heterocycles. The highest BCUT2D eigenvalue weighted by atomic mass is 127. The van der Waals surface area contributed by atoms with Crippen LogP contribution in [0.4, 0.5) is 0 Å². The van der Waals surface area contributed by atoms with Crippen LogP contribution in [0.3, 0.4) is 0 Å². The largest absolute Gasteiger partial charge is 0.375 e. The van der Waals surface area contributed by atoms with Gasteiger partial charge in [-0.3, -0.25) is 0 Å². The van der Waals surface area contributed by atoms with Crippen LogP contribution in [0.1, 0.15) is 45.6 Å². The lowest BCUT2D eigenvalue weighted by atomic mass is 9.92. The molecule has 130 valence electrons. The van der Waals surface area contributed by atoms with Crippen LogP contribution < -0.4 is 0 Å². The van der Waals surface area contributed by atoms with Crippen molar-refractivity contribution in [3.8, 4) is 0 Å². The molecule has 0 aliphatic rings. The van der Waals surface area contributed by atoms with Crippen molar-refractivity contribution in [2.75, 3.05) is 7.11 Å². The average molecular weight is 437 g/mol. The van der Waals surface area contributed by atoms with Crippen LogP contribution in [-0.2, 0) is 4.74 Å². The highest BCUT2D eigenvalue weighted by molar-refractivity contribution is 14.1. The normalized spacial score (nSPS) is 14.6. The van der Waals surface area contributed by atoms with E-state index >= 15 is 0 Å². The first-order chi connectivity index (χ1) is 11.5. The molecule has 0 amide bonds. The topological polar surface area (TPSA) is 21.6 Å². The number of allylic oxidation sites excluding steroid dienone is 3. The van der Waals surface area contributed by atoms with Gasteiger partial charge in [0.05, 0.1) is 34.7 Å². The van der Waals surface area contributed by atoms with Crippen LogP contribution in [-0.4, -0.2) is 18.9 Å². The number of nitrogens with zero attached hydrogens (tertiary/aromatic N) is 1. The standard InChI is InChI=1S/C21H28INO/c1-6-10-19(15-16(2)3)20(21(23-22)17(4)24-5)14-13-18-11-8-7-9-12-18/h7-9,11-14,17H,2,6,10,15H2,1,3-5H3/b14-13+,20-19-,23-21?. The summed E-state index contributed by atoms with van der Waals surface area (Å²) in [4.78, 5) is 0. The molecule has 24 heavy (non-hydrogen) atoms. The molecule has 0 heterocycles. The van der Waals surface area contributed by atoms with Gasteiger partial charge < -0.3 is 4.74 Å². The van der Waals surface area contributed by atoms with Gasteiger partial charge in [-0.25, -0.2) is 3.21 Å². The summed E-state index contributed by atoms with van der Waals surface area (Å²) in [6.07, 6.45) is 7.31. The van der Waals surface area contributed by atoms with Gasteiger partial charge in [0.2, 0.25) is 0 Å². The van der Waals surface area contributed by atoms with E-state index in [4.69, 9.17) is 4.74 Å². The summed E-state index contributed by atoms with van der Waals surface area (Å²) in [7, 11) is 1.73. The van der Waals surface area contributed by atoms with Crippen LogP contribution >= 0.6 is 22.9 Å². The maximum Gasteiger partial charge on any atom is 0.0973 e. The minimum Gasteiger partial charge on any atom is -0.375 e. The summed E-state index contributed by atoms with van der Waals surface area (Å²) in [5.41, 5.74) is 5.87. The fourth-order valence-electron chi connectivity index (χ4n) is 2.56. The number of hydrogen-bond acceptors (Lipinski definition) is 2. The molecular formula is C21H28INO. The first-order valence-electron chi connectivity index (χ1n) is 8.35. The third-order valence-corrected chi connectivity index (χ3v) is 4.32. The zero-order valence-corrected chi connectivity index (χ0v) is 17.3. The Morgan fingerprint density at radius 3 is 2.50 bits per heavy atom. The number of rotatable bonds is 9. The highest BCUT2D eigenvalue weighted by Gasteiger charge is 2.17. The van der Waals surface area contributed by atoms with Gasteiger partial charge in [-0.05, 0) is 37.8 Å². The Bertz CT molecular complexity index is 614. The molecule has 0 fully saturated rings. The molecule has 0 spiro atoms. The summed E-state index contributed by atoms with van der Waals surface area (Å²) in [6.45, 7) is 10.4. The molecule has 0 saturated heterocycles. The van der Waals surface area contributed by atoms with E-state index in [1.807, 2.05) is 13.0 Å². The van der Waals surface area contributed by atoms with E-state index in [9.17, 15) is 0 Å². The first kappa shape index (κ1) is 20.8. The van der Waals surface area contributed by atoms with Gasteiger partial charge in [0, 0.05) is 7.11 Å². The van der Waals surface area contributed by atoms with Crippen molar-refractivity contribution >= 4 is 34.7 Å². The molecule has 3 heteroatoms. The van der Waals surface area contributed by atoms with E-state index in [0.717, 1.165) is 25.0 Å². The third kappa shape index (κ3) is 6.73. The molecule has 1 atom stereocenters. The number of halogens is 1. The maximum atomic E-state index is 5.54. The van der Waals surface area contributed by atoms with Crippen molar-refractivity contribution < 1.29 is 4.74 Å². The van der Waals surface area contributed by atoms with Crippen molar-refractivity contribution in [1.82, 2.24) is 0 Å². The minimum absolute atomic E-state index is 0.0469. The predicted molar refractivity (Wildman–Crippen MR) is 115 cm³/mol. The molecule has 1 rings (SSSR count). The highest BCUT2D eigenvalue weighted by Crippen LogP contribution is 2.24. The molecular weight excluding hydrogens is 409 g/mol. The van der Waals surface area contributed by atoms with Gasteiger partial charge in [0.1, 0.15) is 0 Å². The molecule has 1 unspecified atom stereocenters. The van der Waals surface area contributed by atoms with Gasteiger partial charge in [-0.2, -0.15) is 0 Å². The first-order valence-corrected chi connectivity index (χ1v) is 9.31. The van der Waals surface area contributed by atoms with E-state index in [0.29, 0.717) is 0 Å². The number of methoxy groups -OCH3 is 1. The fourth-order valence-corrected chi connectivity index (χ4v) is 3.21. The molecule has 0 bridgehead atoms. The zero-order valence-electron chi connectivity index (χ0n) is 15.2. The maximum absolute atomic E-state index is 5.54. The molecule has 0 aliphatic carbocycles. The quantitative estimate of drug-likeness (QED) is 0.185. The van der Waals surface area contributed by atoms with Gasteiger partial charge in [0.15, 0.2) is 0 Å². The molecule has 0 radical (unpaired) electrons. The van der Waals surface area contributed by atoms with E-state index in [2.05, 4.69) is 82.9 Å². The Morgan fingerprint density at radius 2 is 2.00 bits per heavy atom. The van der Waals surface area contributed by atoms with E-state index in [1.54, 1.807) is 7.11 Å². The van der Waals surface area contributed by atoms with Gasteiger partial charge in [-0.1, -0.05) is 73.6 Å². The molecule has 1 aromatic carbocycles. The van der Waals surface area contributed by atoms with Crippen LogP contribution in [0.15, 0.2) is 62.9 Å². The number of ether oxygens (including phenoxy) is 1. The second-order valence-electron chi connectivity index (χ2n) is 5.99. The lowest BCUT2D eigenvalue weighted by Crippen LogP contribution is -2.21. The summed E-state index contributed by atoms with van der Waals surface area (Å²) >= 11 is 2.07. The molecule has 1 aromatic rings. The minimum atomic E-state index is -0.0469. The summed E-state index contributed by atoms with van der Waals surface area (Å²) in [6, 6.07) is 10.3. The molecule has 0 N–H and O–H groups in total. The van der Waals surface area contributed by atoms with E-state index in [1.165, 1.54) is 22.3 Å². The lowest BCUT2D eigenvalue weighted by Gasteiger charge is -2.18. The SMILES string of the molecule is C=C(C)C/C(CCC)=C(/C=C/c1ccccc1)C(=NI)C(C)OC. The Kier molecular flexibility index (Phi) is 9.88. The van der Waals surface area contributed by atoms with Crippen LogP contribution in [0, 0.1) is 0 Å². The zero-order chi connectivity index (χ0) is 17.9.